The van der Waals surface area contributed by atoms with Crippen molar-refractivity contribution in [3.8, 4) is 0 Å². The number of nitrogens with one attached hydrogen (secondary N) is 2. The van der Waals surface area contributed by atoms with Crippen LogP contribution in [0.4, 0.5) is 15.8 Å². The molecule has 2 rings (SSSR count). The summed E-state index contributed by atoms with van der Waals surface area (Å²) >= 11 is 0. The molecule has 0 radical (unpaired) electrons. The predicted molar refractivity (Wildman–Crippen MR) is 97.8 cm³/mol. The van der Waals surface area contributed by atoms with Gasteiger partial charge in [0, 0.05) is 35.7 Å². The maximum Gasteiger partial charge on any atom is 0.272 e. The van der Waals surface area contributed by atoms with Gasteiger partial charge in [0.1, 0.15) is 5.82 Å². The first-order valence-electron chi connectivity index (χ1n) is 7.97. The largest absolute Gasteiger partial charge is 0.326 e. The number of nitro groups is 1. The molecule has 0 saturated carbocycles. The van der Waals surface area contributed by atoms with Crippen LogP contribution in [0.1, 0.15) is 24.0 Å². The summed E-state index contributed by atoms with van der Waals surface area (Å²) in [6, 6.07) is 9.83. The minimum Gasteiger partial charge on any atom is -0.326 e. The third-order valence-electron chi connectivity index (χ3n) is 3.54. The Balaban J connectivity index is 1.79. The first kappa shape index (κ1) is 19.7. The monoisotopic (exact) mass is 372 g/mol. The van der Waals surface area contributed by atoms with Gasteiger partial charge in [0.15, 0.2) is 0 Å². The second-order valence-corrected chi connectivity index (χ2v) is 5.65. The van der Waals surface area contributed by atoms with Crippen LogP contribution in [0.3, 0.4) is 0 Å². The van der Waals surface area contributed by atoms with E-state index in [1.165, 1.54) is 36.5 Å². The molecule has 0 saturated heterocycles. The summed E-state index contributed by atoms with van der Waals surface area (Å²) in [5, 5.41) is 17.2. The van der Waals surface area contributed by atoms with E-state index in [-0.39, 0.29) is 18.5 Å². The highest BCUT2D eigenvalue weighted by molar-refractivity contribution is 5.93. The average molecular weight is 372 g/mol. The maximum atomic E-state index is 12.8. The van der Waals surface area contributed by atoms with Gasteiger partial charge in [-0.3, -0.25) is 19.7 Å². The van der Waals surface area contributed by atoms with Crippen molar-refractivity contribution in [3.63, 3.8) is 0 Å². The molecule has 2 aromatic carbocycles. The van der Waals surface area contributed by atoms with Gasteiger partial charge in [-0.15, -0.1) is 0 Å². The first-order valence-corrected chi connectivity index (χ1v) is 7.97. The summed E-state index contributed by atoms with van der Waals surface area (Å²) in [6.45, 7) is 1.62. The molecule has 2 amide bonds. The molecule has 0 fully saturated rings. The van der Waals surface area contributed by atoms with Gasteiger partial charge in [0.25, 0.3) is 5.69 Å². The zero-order valence-electron chi connectivity index (χ0n) is 14.4. The van der Waals surface area contributed by atoms with Crippen molar-refractivity contribution in [1.82, 2.24) is 5.43 Å². The number of anilines is 1. The van der Waals surface area contributed by atoms with E-state index >= 15 is 0 Å². The summed E-state index contributed by atoms with van der Waals surface area (Å²) in [5.74, 6) is -1.29. The van der Waals surface area contributed by atoms with Crippen LogP contribution >= 0.6 is 0 Å². The second-order valence-electron chi connectivity index (χ2n) is 5.65. The number of carbonyl (C=O) groups excluding carboxylic acids is 2. The Morgan fingerprint density at radius 1 is 1.15 bits per heavy atom. The zero-order valence-corrected chi connectivity index (χ0v) is 14.4. The van der Waals surface area contributed by atoms with E-state index in [0.717, 1.165) is 0 Å². The lowest BCUT2D eigenvalue weighted by Gasteiger charge is -2.04. The number of halogens is 1. The van der Waals surface area contributed by atoms with E-state index in [0.29, 0.717) is 16.8 Å². The standard InChI is InChI=1S/C18H17FN4O4/c1-12-2-3-13(10-16(12)23(26)27)11-20-22-18(25)9-8-17(24)21-15-6-4-14(19)5-7-15/h2-7,10-11H,8-9H2,1H3,(H,21,24)(H,22,25). The lowest BCUT2D eigenvalue weighted by molar-refractivity contribution is -0.385. The van der Waals surface area contributed by atoms with Crippen molar-refractivity contribution >= 4 is 29.4 Å². The predicted octanol–water partition coefficient (Wildman–Crippen LogP) is 2.91. The van der Waals surface area contributed by atoms with E-state index in [4.69, 9.17) is 0 Å². The third kappa shape index (κ3) is 6.31. The quantitative estimate of drug-likeness (QED) is 0.442. The smallest absolute Gasteiger partial charge is 0.272 e. The van der Waals surface area contributed by atoms with E-state index in [1.54, 1.807) is 19.1 Å². The Morgan fingerprint density at radius 2 is 1.81 bits per heavy atom. The van der Waals surface area contributed by atoms with Gasteiger partial charge in [0.2, 0.25) is 11.8 Å². The molecule has 0 spiro atoms. The number of hydrogen-bond donors (Lipinski definition) is 2. The van der Waals surface area contributed by atoms with Crippen LogP contribution in [-0.4, -0.2) is 23.0 Å². The lowest BCUT2D eigenvalue weighted by Crippen LogP contribution is -2.20. The van der Waals surface area contributed by atoms with Crippen LogP contribution in [-0.2, 0) is 9.59 Å². The number of amides is 2. The lowest BCUT2D eigenvalue weighted by atomic mass is 10.1. The van der Waals surface area contributed by atoms with Gasteiger partial charge in [-0.1, -0.05) is 12.1 Å². The highest BCUT2D eigenvalue weighted by Gasteiger charge is 2.10. The topological polar surface area (TPSA) is 114 Å². The van der Waals surface area contributed by atoms with Gasteiger partial charge in [-0.05, 0) is 31.2 Å². The molecular formula is C18H17FN4O4. The van der Waals surface area contributed by atoms with Gasteiger partial charge in [0.05, 0.1) is 11.1 Å². The van der Waals surface area contributed by atoms with Crippen LogP contribution in [0.15, 0.2) is 47.6 Å². The van der Waals surface area contributed by atoms with Crippen molar-refractivity contribution in [1.29, 1.82) is 0 Å². The highest BCUT2D eigenvalue weighted by atomic mass is 19.1. The Bertz CT molecular complexity index is 881. The number of rotatable bonds is 7. The number of aryl methyl sites for hydroxylation is 1. The van der Waals surface area contributed by atoms with E-state index in [2.05, 4.69) is 15.8 Å². The fourth-order valence-corrected chi connectivity index (χ4v) is 2.12. The van der Waals surface area contributed by atoms with Crippen LogP contribution in [0, 0.1) is 22.9 Å². The molecule has 0 aliphatic carbocycles. The van der Waals surface area contributed by atoms with Crippen LogP contribution in [0.2, 0.25) is 0 Å². The van der Waals surface area contributed by atoms with Crippen molar-refractivity contribution < 1.29 is 18.9 Å². The van der Waals surface area contributed by atoms with Gasteiger partial charge in [-0.25, -0.2) is 9.82 Å². The Kier molecular flexibility index (Phi) is 6.70. The minimum atomic E-state index is -0.495. The molecule has 0 atom stereocenters. The normalized spacial score (nSPS) is 10.6. The van der Waals surface area contributed by atoms with Gasteiger partial charge in [-0.2, -0.15) is 5.10 Å². The molecule has 2 N–H and O–H groups in total. The number of carbonyl (C=O) groups is 2. The van der Waals surface area contributed by atoms with Crippen molar-refractivity contribution in [2.45, 2.75) is 19.8 Å². The summed E-state index contributed by atoms with van der Waals surface area (Å²) < 4.78 is 12.8. The summed E-state index contributed by atoms with van der Waals surface area (Å²) in [7, 11) is 0. The molecule has 0 aliphatic heterocycles. The first-order chi connectivity index (χ1) is 12.8. The highest BCUT2D eigenvalue weighted by Crippen LogP contribution is 2.18. The Morgan fingerprint density at radius 3 is 2.48 bits per heavy atom. The van der Waals surface area contributed by atoms with Crippen LogP contribution in [0.25, 0.3) is 0 Å². The fraction of sp³-hybridized carbons (Fsp3) is 0.167. The Hall–Kier alpha value is -3.62. The Labute approximate surface area is 154 Å². The molecule has 9 heteroatoms. The number of benzene rings is 2. The summed E-state index contributed by atoms with van der Waals surface area (Å²) in [6.07, 6.45) is 1.11. The second kappa shape index (κ2) is 9.18. The van der Waals surface area contributed by atoms with Crippen molar-refractivity contribution in [3.05, 3.63) is 69.5 Å². The van der Waals surface area contributed by atoms with Gasteiger partial charge < -0.3 is 5.32 Å². The van der Waals surface area contributed by atoms with Crippen LogP contribution in [0.5, 0.6) is 0 Å². The molecule has 0 aliphatic rings. The molecule has 2 aromatic rings. The summed E-state index contributed by atoms with van der Waals surface area (Å²) in [5.41, 5.74) is 3.63. The zero-order chi connectivity index (χ0) is 19.8. The third-order valence-corrected chi connectivity index (χ3v) is 3.54. The molecule has 0 heterocycles. The maximum absolute atomic E-state index is 12.8. The number of hydrogen-bond acceptors (Lipinski definition) is 5. The van der Waals surface area contributed by atoms with E-state index < -0.39 is 22.6 Å². The minimum absolute atomic E-state index is 0.0391. The van der Waals surface area contributed by atoms with Gasteiger partial charge >= 0.3 is 0 Å². The number of nitrogens with zero attached hydrogens (tertiary/aromatic N) is 2. The summed E-state index contributed by atoms with van der Waals surface area (Å²) in [4.78, 5) is 33.8. The molecule has 0 bridgehead atoms. The fourth-order valence-electron chi connectivity index (χ4n) is 2.12. The molecule has 0 aromatic heterocycles. The van der Waals surface area contributed by atoms with Crippen molar-refractivity contribution in [2.75, 3.05) is 5.32 Å². The van der Waals surface area contributed by atoms with Crippen molar-refractivity contribution in [2.24, 2.45) is 5.10 Å². The van der Waals surface area contributed by atoms with Crippen LogP contribution < -0.4 is 10.7 Å². The molecule has 0 unspecified atom stereocenters. The number of hydrazone groups is 1. The van der Waals surface area contributed by atoms with E-state index in [9.17, 15) is 24.1 Å². The SMILES string of the molecule is Cc1ccc(C=NNC(=O)CCC(=O)Nc2ccc(F)cc2)cc1[N+](=O)[O-]. The molecule has 8 nitrogen and oxygen atoms in total. The molecule has 27 heavy (non-hydrogen) atoms. The van der Waals surface area contributed by atoms with E-state index in [1.807, 2.05) is 0 Å². The number of nitro benzene ring substituents is 1. The average Bonchev–Trinajstić information content (AvgIpc) is 2.63. The molecular weight excluding hydrogens is 355 g/mol. The molecule has 140 valence electrons.